The van der Waals surface area contributed by atoms with Crippen LogP contribution in [0.15, 0.2) is 36.4 Å². The van der Waals surface area contributed by atoms with Crippen LogP contribution in [0.5, 0.6) is 0 Å². The maximum atomic E-state index is 13.4. The lowest BCUT2D eigenvalue weighted by Gasteiger charge is -2.14. The van der Waals surface area contributed by atoms with E-state index in [0.717, 1.165) is 12.1 Å². The zero-order chi connectivity index (χ0) is 14.7. The normalized spacial score (nSPS) is 12.2. The SMILES string of the molecule is OC(CNc1ccc(F)c(F)c1F)c1ccc(F)cc1. The summed E-state index contributed by atoms with van der Waals surface area (Å²) < 4.78 is 51.8. The number of nitrogens with one attached hydrogen (secondary N) is 1. The number of rotatable bonds is 4. The zero-order valence-corrected chi connectivity index (χ0v) is 10.2. The molecule has 2 aromatic rings. The molecule has 106 valence electrons. The third kappa shape index (κ3) is 3.08. The van der Waals surface area contributed by atoms with E-state index in [0.29, 0.717) is 5.56 Å². The predicted octanol–water partition coefficient (Wildman–Crippen LogP) is 3.39. The van der Waals surface area contributed by atoms with Crippen LogP contribution in [0.1, 0.15) is 11.7 Å². The molecule has 0 aliphatic heterocycles. The molecule has 0 aliphatic rings. The summed E-state index contributed by atoms with van der Waals surface area (Å²) in [5.41, 5.74) is 0.159. The van der Waals surface area contributed by atoms with Crippen molar-refractivity contribution in [1.29, 1.82) is 0 Å². The van der Waals surface area contributed by atoms with E-state index in [4.69, 9.17) is 0 Å². The molecule has 6 heteroatoms. The van der Waals surface area contributed by atoms with Crippen LogP contribution in [0, 0.1) is 23.3 Å². The standard InChI is InChI=1S/C14H11F4NO/c15-9-3-1-8(2-4-9)12(20)7-19-11-6-5-10(16)13(17)14(11)18/h1-6,12,19-20H,7H2. The van der Waals surface area contributed by atoms with E-state index >= 15 is 0 Å². The summed E-state index contributed by atoms with van der Waals surface area (Å²) in [6.07, 6.45) is -1.04. The molecule has 1 atom stereocenters. The first-order valence-electron chi connectivity index (χ1n) is 5.80. The maximum absolute atomic E-state index is 13.4. The quantitative estimate of drug-likeness (QED) is 0.666. The fourth-order valence-corrected chi connectivity index (χ4v) is 1.67. The van der Waals surface area contributed by atoms with Gasteiger partial charge < -0.3 is 10.4 Å². The van der Waals surface area contributed by atoms with Crippen LogP contribution in [-0.2, 0) is 0 Å². The molecular weight excluding hydrogens is 274 g/mol. The molecule has 0 spiro atoms. The molecule has 2 aromatic carbocycles. The van der Waals surface area contributed by atoms with Crippen molar-refractivity contribution in [1.82, 2.24) is 0 Å². The van der Waals surface area contributed by atoms with Crippen molar-refractivity contribution in [2.45, 2.75) is 6.10 Å². The van der Waals surface area contributed by atoms with Gasteiger partial charge in [-0.2, -0.15) is 0 Å². The van der Waals surface area contributed by atoms with E-state index in [2.05, 4.69) is 5.32 Å². The molecule has 0 aromatic heterocycles. The van der Waals surface area contributed by atoms with Crippen LogP contribution in [-0.4, -0.2) is 11.7 Å². The lowest BCUT2D eigenvalue weighted by Crippen LogP contribution is -2.13. The highest BCUT2D eigenvalue weighted by molar-refractivity contribution is 5.45. The van der Waals surface area contributed by atoms with E-state index in [-0.39, 0.29) is 12.2 Å². The average Bonchev–Trinajstić information content (AvgIpc) is 2.44. The number of aliphatic hydroxyl groups is 1. The monoisotopic (exact) mass is 285 g/mol. The lowest BCUT2D eigenvalue weighted by molar-refractivity contribution is 0.191. The van der Waals surface area contributed by atoms with Crippen molar-refractivity contribution < 1.29 is 22.7 Å². The Hall–Kier alpha value is -2.08. The van der Waals surface area contributed by atoms with E-state index in [1.165, 1.54) is 24.3 Å². The number of hydrogen-bond donors (Lipinski definition) is 2. The Morgan fingerprint density at radius 1 is 0.900 bits per heavy atom. The molecule has 2 nitrogen and oxygen atoms in total. The van der Waals surface area contributed by atoms with E-state index in [9.17, 15) is 22.7 Å². The number of aliphatic hydroxyl groups excluding tert-OH is 1. The third-order valence-corrected chi connectivity index (χ3v) is 2.78. The lowest BCUT2D eigenvalue weighted by atomic mass is 10.1. The highest BCUT2D eigenvalue weighted by Crippen LogP contribution is 2.21. The fourth-order valence-electron chi connectivity index (χ4n) is 1.67. The molecule has 0 heterocycles. The highest BCUT2D eigenvalue weighted by atomic mass is 19.2. The van der Waals surface area contributed by atoms with Crippen LogP contribution >= 0.6 is 0 Å². The molecule has 1 unspecified atom stereocenters. The van der Waals surface area contributed by atoms with Gasteiger partial charge in [-0.1, -0.05) is 12.1 Å². The molecule has 2 N–H and O–H groups in total. The van der Waals surface area contributed by atoms with Gasteiger partial charge in [-0.05, 0) is 29.8 Å². The first-order chi connectivity index (χ1) is 9.49. The minimum absolute atomic E-state index is 0.131. The van der Waals surface area contributed by atoms with Gasteiger partial charge in [0.15, 0.2) is 17.5 Å². The fraction of sp³-hybridized carbons (Fsp3) is 0.143. The highest BCUT2D eigenvalue weighted by Gasteiger charge is 2.14. The van der Waals surface area contributed by atoms with Gasteiger partial charge in [0, 0.05) is 6.54 Å². The molecule has 0 amide bonds. The number of anilines is 1. The van der Waals surface area contributed by atoms with E-state index in [1.807, 2.05) is 0 Å². The minimum Gasteiger partial charge on any atom is -0.387 e. The van der Waals surface area contributed by atoms with Crippen LogP contribution < -0.4 is 5.32 Å². The van der Waals surface area contributed by atoms with Crippen LogP contribution in [0.3, 0.4) is 0 Å². The molecule has 0 saturated heterocycles. The second kappa shape index (κ2) is 5.92. The number of benzene rings is 2. The van der Waals surface area contributed by atoms with Gasteiger partial charge >= 0.3 is 0 Å². The summed E-state index contributed by atoms with van der Waals surface area (Å²) in [6, 6.07) is 6.93. The van der Waals surface area contributed by atoms with Crippen LogP contribution in [0.2, 0.25) is 0 Å². The van der Waals surface area contributed by atoms with Gasteiger partial charge in [-0.15, -0.1) is 0 Å². The zero-order valence-electron chi connectivity index (χ0n) is 10.2. The topological polar surface area (TPSA) is 32.3 Å². The van der Waals surface area contributed by atoms with Crippen molar-refractivity contribution >= 4 is 5.69 Å². The van der Waals surface area contributed by atoms with Gasteiger partial charge in [0.05, 0.1) is 11.8 Å². The van der Waals surface area contributed by atoms with Crippen molar-refractivity contribution in [3.8, 4) is 0 Å². The summed E-state index contributed by atoms with van der Waals surface area (Å²) in [5.74, 6) is -4.66. The van der Waals surface area contributed by atoms with Gasteiger partial charge in [0.1, 0.15) is 5.82 Å². The van der Waals surface area contributed by atoms with Crippen molar-refractivity contribution in [3.63, 3.8) is 0 Å². The Balaban J connectivity index is 2.05. The van der Waals surface area contributed by atoms with E-state index < -0.39 is 29.4 Å². The molecule has 0 bridgehead atoms. The molecule has 20 heavy (non-hydrogen) atoms. The largest absolute Gasteiger partial charge is 0.387 e. The summed E-state index contributed by atoms with van der Waals surface area (Å²) in [7, 11) is 0. The molecule has 2 rings (SSSR count). The first kappa shape index (κ1) is 14.3. The second-order valence-electron chi connectivity index (χ2n) is 4.17. The Labute approximate surface area is 112 Å². The van der Waals surface area contributed by atoms with Crippen molar-refractivity contribution in [2.24, 2.45) is 0 Å². The van der Waals surface area contributed by atoms with Crippen molar-refractivity contribution in [2.75, 3.05) is 11.9 Å². The van der Waals surface area contributed by atoms with E-state index in [1.54, 1.807) is 0 Å². The summed E-state index contributed by atoms with van der Waals surface area (Å²) in [6.45, 7) is -0.131. The minimum atomic E-state index is -1.58. The number of halogens is 4. The molecule has 0 fully saturated rings. The second-order valence-corrected chi connectivity index (χ2v) is 4.17. The first-order valence-corrected chi connectivity index (χ1v) is 5.80. The van der Waals surface area contributed by atoms with Crippen molar-refractivity contribution in [3.05, 3.63) is 65.2 Å². The van der Waals surface area contributed by atoms with Gasteiger partial charge in [-0.3, -0.25) is 0 Å². The smallest absolute Gasteiger partial charge is 0.196 e. The van der Waals surface area contributed by atoms with Crippen LogP contribution in [0.4, 0.5) is 23.2 Å². The molecule has 0 saturated carbocycles. The Kier molecular flexibility index (Phi) is 4.24. The number of hydrogen-bond acceptors (Lipinski definition) is 2. The summed E-state index contributed by atoms with van der Waals surface area (Å²) in [5, 5.41) is 12.3. The third-order valence-electron chi connectivity index (χ3n) is 2.78. The molecular formula is C14H11F4NO. The Morgan fingerprint density at radius 2 is 1.55 bits per heavy atom. The van der Waals surface area contributed by atoms with Gasteiger partial charge in [0.25, 0.3) is 0 Å². The molecule has 0 aliphatic carbocycles. The van der Waals surface area contributed by atoms with Gasteiger partial charge in [-0.25, -0.2) is 17.6 Å². The molecule has 0 radical (unpaired) electrons. The van der Waals surface area contributed by atoms with Gasteiger partial charge in [0.2, 0.25) is 0 Å². The predicted molar refractivity (Wildman–Crippen MR) is 66.2 cm³/mol. The Morgan fingerprint density at radius 3 is 2.20 bits per heavy atom. The summed E-state index contributed by atoms with van der Waals surface area (Å²) >= 11 is 0. The average molecular weight is 285 g/mol. The Bertz CT molecular complexity index is 601. The summed E-state index contributed by atoms with van der Waals surface area (Å²) in [4.78, 5) is 0. The maximum Gasteiger partial charge on any atom is 0.196 e. The van der Waals surface area contributed by atoms with Crippen LogP contribution in [0.25, 0.3) is 0 Å².